The minimum absolute atomic E-state index is 0.105. The van der Waals surface area contributed by atoms with Crippen molar-refractivity contribution in [3.05, 3.63) is 51.3 Å². The molecule has 1 amide bonds. The molecule has 2 rings (SSSR count). The molecule has 0 bridgehead atoms. The lowest BCUT2D eigenvalue weighted by molar-refractivity contribution is 0.102. The second kappa shape index (κ2) is 6.75. The van der Waals surface area contributed by atoms with E-state index in [1.165, 1.54) is 26.4 Å². The fourth-order valence-corrected chi connectivity index (χ4v) is 2.30. The van der Waals surface area contributed by atoms with Crippen LogP contribution in [-0.4, -0.2) is 20.1 Å². The van der Waals surface area contributed by atoms with Gasteiger partial charge in [-0.2, -0.15) is 0 Å². The van der Waals surface area contributed by atoms with E-state index in [1.54, 1.807) is 24.3 Å². The molecule has 110 valence electrons. The van der Waals surface area contributed by atoms with E-state index in [2.05, 4.69) is 5.32 Å². The van der Waals surface area contributed by atoms with Crippen molar-refractivity contribution in [3.63, 3.8) is 0 Å². The van der Waals surface area contributed by atoms with Crippen LogP contribution in [0.15, 0.2) is 36.4 Å². The predicted octanol–water partition coefficient (Wildman–Crippen LogP) is 3.70. The second-order valence-corrected chi connectivity index (χ2v) is 5.36. The van der Waals surface area contributed by atoms with Gasteiger partial charge in [-0.25, -0.2) is 4.39 Å². The van der Waals surface area contributed by atoms with Crippen molar-refractivity contribution in [2.45, 2.75) is 0 Å². The number of carbonyl (C=O) groups is 1. The lowest BCUT2D eigenvalue weighted by Crippen LogP contribution is -2.15. The Morgan fingerprint density at radius 3 is 2.29 bits per heavy atom. The van der Waals surface area contributed by atoms with Gasteiger partial charge < -0.3 is 14.8 Å². The van der Waals surface area contributed by atoms with Gasteiger partial charge in [-0.15, -0.1) is 0 Å². The third-order valence-electron chi connectivity index (χ3n) is 2.83. The van der Waals surface area contributed by atoms with Crippen molar-refractivity contribution in [1.29, 1.82) is 0 Å². The Balaban J connectivity index is 2.36. The summed E-state index contributed by atoms with van der Waals surface area (Å²) in [5, 5.41) is 2.53. The fourth-order valence-electron chi connectivity index (χ4n) is 1.85. The SMILES string of the molecule is COc1cccc(OC)c1C(=O)Nc1ccc(I)cc1F. The number of ether oxygens (including phenoxy) is 2. The summed E-state index contributed by atoms with van der Waals surface area (Å²) in [6.45, 7) is 0. The van der Waals surface area contributed by atoms with Crippen molar-refractivity contribution in [1.82, 2.24) is 0 Å². The summed E-state index contributed by atoms with van der Waals surface area (Å²) in [5.74, 6) is -0.274. The summed E-state index contributed by atoms with van der Waals surface area (Å²) < 4.78 is 24.9. The average Bonchev–Trinajstić information content (AvgIpc) is 2.49. The van der Waals surface area contributed by atoms with Crippen molar-refractivity contribution in [2.75, 3.05) is 19.5 Å². The Hall–Kier alpha value is -1.83. The topological polar surface area (TPSA) is 47.6 Å². The number of halogens is 2. The van der Waals surface area contributed by atoms with Gasteiger partial charge in [0.15, 0.2) is 0 Å². The molecule has 0 aliphatic carbocycles. The smallest absolute Gasteiger partial charge is 0.263 e. The number of anilines is 1. The summed E-state index contributed by atoms with van der Waals surface area (Å²) in [6.07, 6.45) is 0. The molecule has 0 spiro atoms. The van der Waals surface area contributed by atoms with E-state index < -0.39 is 11.7 Å². The number of methoxy groups -OCH3 is 2. The maximum absolute atomic E-state index is 13.8. The first-order valence-electron chi connectivity index (χ1n) is 6.04. The van der Waals surface area contributed by atoms with Gasteiger partial charge in [-0.05, 0) is 52.9 Å². The first kappa shape index (κ1) is 15.6. The molecule has 0 aromatic heterocycles. The Morgan fingerprint density at radius 1 is 1.14 bits per heavy atom. The van der Waals surface area contributed by atoms with Crippen molar-refractivity contribution in [3.8, 4) is 11.5 Å². The summed E-state index contributed by atoms with van der Waals surface area (Å²) in [7, 11) is 2.91. The van der Waals surface area contributed by atoms with Gasteiger partial charge in [0.25, 0.3) is 5.91 Å². The molecule has 0 saturated carbocycles. The zero-order valence-corrected chi connectivity index (χ0v) is 13.6. The number of rotatable bonds is 4. The van der Waals surface area contributed by atoms with Crippen LogP contribution in [0.2, 0.25) is 0 Å². The van der Waals surface area contributed by atoms with Crippen LogP contribution in [0.1, 0.15) is 10.4 Å². The second-order valence-electron chi connectivity index (χ2n) is 4.12. The Bertz CT molecular complexity index is 654. The Kier molecular flexibility index (Phi) is 5.00. The monoisotopic (exact) mass is 401 g/mol. The Morgan fingerprint density at radius 2 is 1.76 bits per heavy atom. The van der Waals surface area contributed by atoms with Gasteiger partial charge in [0, 0.05) is 3.57 Å². The van der Waals surface area contributed by atoms with Crippen LogP contribution in [0.4, 0.5) is 10.1 Å². The molecule has 0 heterocycles. The van der Waals surface area contributed by atoms with Crippen LogP contribution >= 0.6 is 22.6 Å². The van der Waals surface area contributed by atoms with Crippen LogP contribution in [0.5, 0.6) is 11.5 Å². The zero-order valence-electron chi connectivity index (χ0n) is 11.4. The normalized spacial score (nSPS) is 10.1. The zero-order chi connectivity index (χ0) is 15.4. The highest BCUT2D eigenvalue weighted by Crippen LogP contribution is 2.29. The lowest BCUT2D eigenvalue weighted by atomic mass is 10.1. The number of nitrogens with one attached hydrogen (secondary N) is 1. The molecule has 2 aromatic carbocycles. The first-order valence-corrected chi connectivity index (χ1v) is 7.12. The molecular formula is C15H13FINO3. The number of benzene rings is 2. The van der Waals surface area contributed by atoms with Gasteiger partial charge in [0.2, 0.25) is 0 Å². The predicted molar refractivity (Wildman–Crippen MR) is 86.6 cm³/mol. The highest BCUT2D eigenvalue weighted by molar-refractivity contribution is 14.1. The van der Waals surface area contributed by atoms with Crippen LogP contribution < -0.4 is 14.8 Å². The number of carbonyl (C=O) groups excluding carboxylic acids is 1. The molecule has 0 atom stereocenters. The third-order valence-corrected chi connectivity index (χ3v) is 3.51. The Labute approximate surface area is 135 Å². The van der Waals surface area contributed by atoms with Crippen LogP contribution in [0.3, 0.4) is 0 Å². The minimum Gasteiger partial charge on any atom is -0.496 e. The van der Waals surface area contributed by atoms with E-state index in [-0.39, 0.29) is 11.3 Å². The average molecular weight is 401 g/mol. The van der Waals surface area contributed by atoms with Crippen molar-refractivity contribution >= 4 is 34.2 Å². The van der Waals surface area contributed by atoms with Gasteiger partial charge in [-0.1, -0.05) is 6.07 Å². The van der Waals surface area contributed by atoms with Crippen LogP contribution in [-0.2, 0) is 0 Å². The summed E-state index contributed by atoms with van der Waals surface area (Å²) in [4.78, 5) is 12.4. The van der Waals surface area contributed by atoms with E-state index >= 15 is 0 Å². The van der Waals surface area contributed by atoms with Gasteiger partial charge in [0.05, 0.1) is 19.9 Å². The maximum atomic E-state index is 13.8. The molecule has 0 fully saturated rings. The summed E-state index contributed by atoms with van der Waals surface area (Å²) >= 11 is 2.00. The molecule has 2 aromatic rings. The molecule has 21 heavy (non-hydrogen) atoms. The van der Waals surface area contributed by atoms with Crippen LogP contribution in [0.25, 0.3) is 0 Å². The number of hydrogen-bond donors (Lipinski definition) is 1. The molecule has 0 radical (unpaired) electrons. The van der Waals surface area contributed by atoms with Crippen molar-refractivity contribution in [2.24, 2.45) is 0 Å². The number of amides is 1. The maximum Gasteiger partial charge on any atom is 0.263 e. The molecule has 0 saturated heterocycles. The summed E-state index contributed by atoms with van der Waals surface area (Å²) in [6, 6.07) is 9.55. The first-order chi connectivity index (χ1) is 10.1. The lowest BCUT2D eigenvalue weighted by Gasteiger charge is -2.13. The fraction of sp³-hybridized carbons (Fsp3) is 0.133. The summed E-state index contributed by atoms with van der Waals surface area (Å²) in [5.41, 5.74) is 0.328. The quantitative estimate of drug-likeness (QED) is 0.796. The van der Waals surface area contributed by atoms with E-state index in [1.807, 2.05) is 22.6 Å². The third kappa shape index (κ3) is 3.44. The van der Waals surface area contributed by atoms with Gasteiger partial charge in [0.1, 0.15) is 22.9 Å². The minimum atomic E-state index is -0.496. The highest BCUT2D eigenvalue weighted by Gasteiger charge is 2.19. The van der Waals surface area contributed by atoms with E-state index in [9.17, 15) is 9.18 Å². The molecule has 4 nitrogen and oxygen atoms in total. The molecule has 0 unspecified atom stereocenters. The molecule has 1 N–H and O–H groups in total. The molecule has 0 aliphatic rings. The van der Waals surface area contributed by atoms with Gasteiger partial charge in [-0.3, -0.25) is 4.79 Å². The van der Waals surface area contributed by atoms with E-state index in [0.29, 0.717) is 11.5 Å². The van der Waals surface area contributed by atoms with Crippen LogP contribution in [0, 0.1) is 9.39 Å². The van der Waals surface area contributed by atoms with Crippen molar-refractivity contribution < 1.29 is 18.7 Å². The van der Waals surface area contributed by atoms with E-state index in [0.717, 1.165) is 3.57 Å². The standard InChI is InChI=1S/C15H13FINO3/c1-20-12-4-3-5-13(21-2)14(12)15(19)18-11-7-6-9(17)8-10(11)16/h3-8H,1-2H3,(H,18,19). The molecule has 6 heteroatoms. The largest absolute Gasteiger partial charge is 0.496 e. The number of hydrogen-bond acceptors (Lipinski definition) is 3. The highest BCUT2D eigenvalue weighted by atomic mass is 127. The van der Waals surface area contributed by atoms with E-state index in [4.69, 9.17) is 9.47 Å². The molecule has 0 aliphatic heterocycles. The molecular weight excluding hydrogens is 388 g/mol. The van der Waals surface area contributed by atoms with Gasteiger partial charge >= 0.3 is 0 Å².